The van der Waals surface area contributed by atoms with Crippen LogP contribution >= 0.6 is 0 Å². The molecule has 0 aromatic rings. The molecule has 0 saturated heterocycles. The van der Waals surface area contributed by atoms with Gasteiger partial charge in [0, 0.05) is 6.42 Å². The Labute approximate surface area is 161 Å². The molecule has 0 heterocycles. The topological polar surface area (TPSA) is 17.1 Å². The normalized spacial score (nSPS) is 43.5. The van der Waals surface area contributed by atoms with Crippen LogP contribution in [0.25, 0.3) is 0 Å². The molecule has 146 valence electrons. The lowest BCUT2D eigenvalue weighted by Crippen LogP contribution is -2.46. The van der Waals surface area contributed by atoms with Crippen molar-refractivity contribution in [1.29, 1.82) is 0 Å². The van der Waals surface area contributed by atoms with Crippen LogP contribution in [-0.2, 0) is 4.79 Å². The molecule has 1 nitrogen and oxygen atoms in total. The van der Waals surface area contributed by atoms with E-state index in [9.17, 15) is 4.79 Å². The van der Waals surface area contributed by atoms with Gasteiger partial charge in [-0.2, -0.15) is 0 Å². The molecule has 0 bridgehead atoms. The molecule has 0 spiro atoms. The lowest BCUT2D eigenvalue weighted by atomic mass is 9.49. The van der Waals surface area contributed by atoms with Gasteiger partial charge in [-0.15, -0.1) is 0 Å². The van der Waals surface area contributed by atoms with Crippen molar-refractivity contribution in [3.05, 3.63) is 11.1 Å². The first-order chi connectivity index (χ1) is 12.4. The van der Waals surface area contributed by atoms with Crippen LogP contribution in [0.3, 0.4) is 0 Å². The predicted octanol–water partition coefficient (Wildman–Crippen LogP) is 7.10. The zero-order valence-corrected chi connectivity index (χ0v) is 17.7. The second-order valence-electron chi connectivity index (χ2n) is 10.9. The summed E-state index contributed by atoms with van der Waals surface area (Å²) in [6, 6.07) is 0. The molecule has 0 radical (unpaired) electrons. The van der Waals surface area contributed by atoms with E-state index in [0.717, 1.165) is 30.6 Å². The maximum absolute atomic E-state index is 11.5. The van der Waals surface area contributed by atoms with Crippen molar-refractivity contribution in [2.45, 2.75) is 105 Å². The minimum absolute atomic E-state index is 0.367. The van der Waals surface area contributed by atoms with Crippen LogP contribution in [0.2, 0.25) is 0 Å². The van der Waals surface area contributed by atoms with Crippen molar-refractivity contribution >= 4 is 5.78 Å². The van der Waals surface area contributed by atoms with Gasteiger partial charge in [-0.1, -0.05) is 44.8 Å². The Balaban J connectivity index is 1.60. The van der Waals surface area contributed by atoms with Crippen molar-refractivity contribution in [1.82, 2.24) is 0 Å². The average Bonchev–Trinajstić information content (AvgIpc) is 2.96. The van der Waals surface area contributed by atoms with Gasteiger partial charge < -0.3 is 4.79 Å². The number of hydrogen-bond acceptors (Lipinski definition) is 1. The van der Waals surface area contributed by atoms with E-state index in [-0.39, 0.29) is 0 Å². The number of Topliss-reactive ketones (excluding diaryl/α,β-unsaturated/α-hetero) is 1. The standard InChI is InChI=1S/C25H40O/c1-17(8-9-18(2)26)21-12-13-22-20-11-10-19-7-5-6-15-24(19,3)23(20)14-16-25(21,22)4/h17,19,21,23H,5-16H2,1-4H3/t17-,19?,21?,23?,24?,25?/m1/s1. The highest BCUT2D eigenvalue weighted by molar-refractivity contribution is 5.75. The highest BCUT2D eigenvalue weighted by atomic mass is 16.1. The van der Waals surface area contributed by atoms with E-state index in [2.05, 4.69) is 20.8 Å². The van der Waals surface area contributed by atoms with Gasteiger partial charge >= 0.3 is 0 Å². The number of rotatable bonds is 4. The molecule has 1 heteroatoms. The zero-order chi connectivity index (χ0) is 18.5. The maximum atomic E-state index is 11.5. The van der Waals surface area contributed by atoms with Gasteiger partial charge in [0.05, 0.1) is 0 Å². The Hall–Kier alpha value is -0.590. The second kappa shape index (κ2) is 6.78. The van der Waals surface area contributed by atoms with Crippen LogP contribution in [0.15, 0.2) is 11.1 Å². The molecule has 6 atom stereocenters. The first-order valence-electron chi connectivity index (χ1n) is 11.6. The molecule has 4 rings (SSSR count). The maximum Gasteiger partial charge on any atom is 0.129 e. The zero-order valence-electron chi connectivity index (χ0n) is 17.7. The summed E-state index contributed by atoms with van der Waals surface area (Å²) in [5.74, 6) is 3.77. The van der Waals surface area contributed by atoms with Crippen LogP contribution in [0, 0.1) is 34.5 Å². The lowest BCUT2D eigenvalue weighted by Gasteiger charge is -2.56. The Kier molecular flexibility index (Phi) is 4.89. The number of carbonyl (C=O) groups is 1. The summed E-state index contributed by atoms with van der Waals surface area (Å²) >= 11 is 0. The molecule has 0 aliphatic heterocycles. The number of allylic oxidation sites excluding steroid dienone is 2. The van der Waals surface area contributed by atoms with Gasteiger partial charge in [-0.25, -0.2) is 0 Å². The van der Waals surface area contributed by atoms with E-state index in [1.54, 1.807) is 6.92 Å². The number of hydrogen-bond donors (Lipinski definition) is 0. The smallest absolute Gasteiger partial charge is 0.129 e. The van der Waals surface area contributed by atoms with Crippen LogP contribution in [0.4, 0.5) is 0 Å². The number of fused-ring (bicyclic) bond motifs is 4. The Morgan fingerprint density at radius 2 is 1.88 bits per heavy atom. The molecule has 26 heavy (non-hydrogen) atoms. The number of ketones is 1. The van der Waals surface area contributed by atoms with Crippen molar-refractivity contribution in [3.63, 3.8) is 0 Å². The van der Waals surface area contributed by atoms with Crippen molar-refractivity contribution < 1.29 is 4.79 Å². The molecule has 0 N–H and O–H groups in total. The summed E-state index contributed by atoms with van der Waals surface area (Å²) < 4.78 is 0. The molecule has 5 unspecified atom stereocenters. The molecule has 0 aromatic carbocycles. The van der Waals surface area contributed by atoms with Gasteiger partial charge in [0.1, 0.15) is 5.78 Å². The minimum Gasteiger partial charge on any atom is -0.300 e. The highest BCUT2D eigenvalue weighted by Gasteiger charge is 2.54. The third-order valence-corrected chi connectivity index (χ3v) is 9.62. The monoisotopic (exact) mass is 356 g/mol. The quantitative estimate of drug-likeness (QED) is 0.491. The van der Waals surface area contributed by atoms with Crippen LogP contribution in [0.1, 0.15) is 105 Å². The van der Waals surface area contributed by atoms with E-state index in [1.807, 2.05) is 11.1 Å². The van der Waals surface area contributed by atoms with Gasteiger partial charge in [0.15, 0.2) is 0 Å². The molecular weight excluding hydrogens is 316 g/mol. The summed E-state index contributed by atoms with van der Waals surface area (Å²) in [6.07, 6.45) is 16.3. The average molecular weight is 357 g/mol. The molecule has 3 saturated carbocycles. The fourth-order valence-corrected chi connectivity index (χ4v) is 8.11. The van der Waals surface area contributed by atoms with Crippen LogP contribution < -0.4 is 0 Å². The Morgan fingerprint density at radius 1 is 1.08 bits per heavy atom. The molecule has 4 aliphatic carbocycles. The summed E-state index contributed by atoms with van der Waals surface area (Å²) in [6.45, 7) is 9.44. The molecule has 4 aliphatic rings. The van der Waals surface area contributed by atoms with Gasteiger partial charge in [0.25, 0.3) is 0 Å². The fourth-order valence-electron chi connectivity index (χ4n) is 8.11. The van der Waals surface area contributed by atoms with E-state index < -0.39 is 0 Å². The first kappa shape index (κ1) is 18.8. The second-order valence-corrected chi connectivity index (χ2v) is 10.9. The highest BCUT2D eigenvalue weighted by Crippen LogP contribution is 2.65. The molecule has 0 amide bonds. The van der Waals surface area contributed by atoms with Crippen molar-refractivity contribution in [2.75, 3.05) is 0 Å². The predicted molar refractivity (Wildman–Crippen MR) is 109 cm³/mol. The van der Waals surface area contributed by atoms with Gasteiger partial charge in [-0.05, 0) is 99.2 Å². The van der Waals surface area contributed by atoms with Gasteiger partial charge in [0.2, 0.25) is 0 Å². The summed E-state index contributed by atoms with van der Waals surface area (Å²) in [4.78, 5) is 11.5. The third kappa shape index (κ3) is 2.83. The van der Waals surface area contributed by atoms with Crippen LogP contribution in [-0.4, -0.2) is 5.78 Å². The SMILES string of the molecule is CC(=O)CC[C@@H](C)C1CCC2=C3CCC4CCCCC4(C)C3CCC21C. The Morgan fingerprint density at radius 3 is 2.65 bits per heavy atom. The van der Waals surface area contributed by atoms with Crippen molar-refractivity contribution in [2.24, 2.45) is 34.5 Å². The summed E-state index contributed by atoms with van der Waals surface area (Å²) in [7, 11) is 0. The third-order valence-electron chi connectivity index (χ3n) is 9.62. The minimum atomic E-state index is 0.367. The van der Waals surface area contributed by atoms with Crippen LogP contribution in [0.5, 0.6) is 0 Å². The van der Waals surface area contributed by atoms with Gasteiger partial charge in [-0.3, -0.25) is 0 Å². The number of carbonyl (C=O) groups excluding carboxylic acids is 1. The molecular formula is C25H40O. The first-order valence-corrected chi connectivity index (χ1v) is 11.6. The Bertz CT molecular complexity index is 601. The van der Waals surface area contributed by atoms with E-state index in [4.69, 9.17) is 0 Å². The summed E-state index contributed by atoms with van der Waals surface area (Å²) in [5, 5.41) is 0. The van der Waals surface area contributed by atoms with E-state index >= 15 is 0 Å². The fraction of sp³-hybridized carbons (Fsp3) is 0.880. The molecule has 3 fully saturated rings. The van der Waals surface area contributed by atoms with Crippen molar-refractivity contribution in [3.8, 4) is 0 Å². The lowest BCUT2D eigenvalue weighted by molar-refractivity contribution is -0.117. The largest absolute Gasteiger partial charge is 0.300 e. The van der Waals surface area contributed by atoms with E-state index in [1.165, 1.54) is 64.2 Å². The van der Waals surface area contributed by atoms with E-state index in [0.29, 0.717) is 22.5 Å². The molecule has 0 aromatic heterocycles. The summed E-state index contributed by atoms with van der Waals surface area (Å²) in [5.41, 5.74) is 4.89.